The van der Waals surface area contributed by atoms with Crippen molar-refractivity contribution in [1.29, 1.82) is 5.26 Å². The Kier molecular flexibility index (Phi) is 4.19. The lowest BCUT2D eigenvalue weighted by Gasteiger charge is -2.18. The van der Waals surface area contributed by atoms with Gasteiger partial charge in [-0.05, 0) is 37.1 Å². The molecule has 5 heteroatoms. The number of hydrogen-bond acceptors (Lipinski definition) is 3. The third-order valence-electron chi connectivity index (χ3n) is 2.99. The molecule has 1 unspecified atom stereocenters. The molecule has 0 bridgehead atoms. The van der Waals surface area contributed by atoms with E-state index in [9.17, 15) is 4.79 Å². The number of likely N-dealkylation sites (tertiary alicyclic amines) is 1. The smallest absolute Gasteiger partial charge is 0.238 e. The van der Waals surface area contributed by atoms with Gasteiger partial charge in [-0.2, -0.15) is 5.26 Å². The van der Waals surface area contributed by atoms with Gasteiger partial charge >= 0.3 is 0 Å². The summed E-state index contributed by atoms with van der Waals surface area (Å²) in [4.78, 5) is 13.7. The van der Waals surface area contributed by atoms with Crippen LogP contribution in [0.15, 0.2) is 24.3 Å². The molecule has 1 amide bonds. The van der Waals surface area contributed by atoms with Gasteiger partial charge in [0.25, 0.3) is 0 Å². The first kappa shape index (κ1) is 12.9. The second kappa shape index (κ2) is 5.85. The fourth-order valence-electron chi connectivity index (χ4n) is 2.08. The summed E-state index contributed by atoms with van der Waals surface area (Å²) in [6, 6.07) is 9.06. The largest absolute Gasteiger partial charge is 0.325 e. The standard InChI is InChI=1S/C13H14ClN3O/c14-10-3-5-11(6-4-10)16-13(18)9-17-7-1-2-12(17)8-15/h3-6,12H,1-2,7,9H2,(H,16,18). The number of benzene rings is 1. The number of carbonyl (C=O) groups is 1. The summed E-state index contributed by atoms with van der Waals surface area (Å²) < 4.78 is 0. The van der Waals surface area contributed by atoms with Gasteiger partial charge in [-0.15, -0.1) is 0 Å². The lowest BCUT2D eigenvalue weighted by Crippen LogP contribution is -2.36. The molecule has 18 heavy (non-hydrogen) atoms. The van der Waals surface area contributed by atoms with Crippen molar-refractivity contribution in [3.8, 4) is 6.07 Å². The Hall–Kier alpha value is -1.57. The number of anilines is 1. The zero-order valence-corrected chi connectivity index (χ0v) is 10.7. The second-order valence-corrected chi connectivity index (χ2v) is 4.75. The van der Waals surface area contributed by atoms with Crippen LogP contribution in [0.4, 0.5) is 5.69 Å². The highest BCUT2D eigenvalue weighted by molar-refractivity contribution is 6.30. The van der Waals surface area contributed by atoms with Gasteiger partial charge in [-0.3, -0.25) is 9.69 Å². The first-order valence-electron chi connectivity index (χ1n) is 5.88. The van der Waals surface area contributed by atoms with Gasteiger partial charge < -0.3 is 5.32 Å². The van der Waals surface area contributed by atoms with Crippen molar-refractivity contribution in [2.75, 3.05) is 18.4 Å². The predicted molar refractivity (Wildman–Crippen MR) is 70.3 cm³/mol. The van der Waals surface area contributed by atoms with Crippen LogP contribution in [0, 0.1) is 11.3 Å². The van der Waals surface area contributed by atoms with Gasteiger partial charge in [0.15, 0.2) is 0 Å². The molecule has 1 aliphatic rings. The van der Waals surface area contributed by atoms with Crippen molar-refractivity contribution < 1.29 is 4.79 Å². The van der Waals surface area contributed by atoms with Crippen LogP contribution < -0.4 is 5.32 Å². The number of amides is 1. The lowest BCUT2D eigenvalue weighted by atomic mass is 10.2. The number of hydrogen-bond donors (Lipinski definition) is 1. The van der Waals surface area contributed by atoms with Crippen molar-refractivity contribution in [2.45, 2.75) is 18.9 Å². The zero-order valence-electron chi connectivity index (χ0n) is 9.90. The number of nitriles is 1. The van der Waals surface area contributed by atoms with Crippen molar-refractivity contribution in [2.24, 2.45) is 0 Å². The maximum Gasteiger partial charge on any atom is 0.238 e. The van der Waals surface area contributed by atoms with E-state index in [-0.39, 0.29) is 18.5 Å². The number of rotatable bonds is 3. The van der Waals surface area contributed by atoms with E-state index in [1.165, 1.54) is 0 Å². The Morgan fingerprint density at radius 3 is 2.89 bits per heavy atom. The molecule has 1 heterocycles. The van der Waals surface area contributed by atoms with E-state index >= 15 is 0 Å². The molecular weight excluding hydrogens is 250 g/mol. The first-order valence-corrected chi connectivity index (χ1v) is 6.26. The monoisotopic (exact) mass is 263 g/mol. The summed E-state index contributed by atoms with van der Waals surface area (Å²) in [6.45, 7) is 1.08. The van der Waals surface area contributed by atoms with Crippen LogP contribution in [0.2, 0.25) is 5.02 Å². The summed E-state index contributed by atoms with van der Waals surface area (Å²) in [5.41, 5.74) is 0.720. The number of carbonyl (C=O) groups excluding carboxylic acids is 1. The Morgan fingerprint density at radius 2 is 2.22 bits per heavy atom. The van der Waals surface area contributed by atoms with Gasteiger partial charge in [0, 0.05) is 17.3 Å². The maximum atomic E-state index is 11.8. The third kappa shape index (κ3) is 3.22. The summed E-state index contributed by atoms with van der Waals surface area (Å²) in [6.07, 6.45) is 1.83. The van der Waals surface area contributed by atoms with E-state index in [4.69, 9.17) is 16.9 Å². The van der Waals surface area contributed by atoms with E-state index in [1.54, 1.807) is 24.3 Å². The number of nitrogens with zero attached hydrogens (tertiary/aromatic N) is 2. The summed E-state index contributed by atoms with van der Waals surface area (Å²) >= 11 is 5.77. The number of nitrogens with one attached hydrogen (secondary N) is 1. The topological polar surface area (TPSA) is 56.1 Å². The van der Waals surface area contributed by atoms with Crippen LogP contribution in [0.1, 0.15) is 12.8 Å². The molecule has 1 aromatic carbocycles. The SMILES string of the molecule is N#CC1CCCN1CC(=O)Nc1ccc(Cl)cc1. The van der Waals surface area contributed by atoms with Crippen LogP contribution in [-0.4, -0.2) is 29.9 Å². The van der Waals surface area contributed by atoms with Crippen molar-refractivity contribution in [1.82, 2.24) is 4.90 Å². The minimum atomic E-state index is -0.124. The predicted octanol–water partition coefficient (Wildman–Crippen LogP) is 2.27. The van der Waals surface area contributed by atoms with Crippen molar-refractivity contribution >= 4 is 23.2 Å². The molecule has 1 aliphatic heterocycles. The molecule has 2 rings (SSSR count). The molecular formula is C13H14ClN3O. The van der Waals surface area contributed by atoms with E-state index in [0.29, 0.717) is 5.02 Å². The Labute approximate surface area is 111 Å². The average Bonchev–Trinajstić information content (AvgIpc) is 2.79. The van der Waals surface area contributed by atoms with Gasteiger partial charge in [0.2, 0.25) is 5.91 Å². The molecule has 0 spiro atoms. The fourth-order valence-corrected chi connectivity index (χ4v) is 2.21. The van der Waals surface area contributed by atoms with Crippen molar-refractivity contribution in [3.63, 3.8) is 0 Å². The quantitative estimate of drug-likeness (QED) is 0.910. The highest BCUT2D eigenvalue weighted by Crippen LogP contribution is 2.17. The van der Waals surface area contributed by atoms with Gasteiger partial charge in [0.1, 0.15) is 0 Å². The third-order valence-corrected chi connectivity index (χ3v) is 3.24. The molecule has 1 N–H and O–H groups in total. The van der Waals surface area contributed by atoms with Crippen LogP contribution in [0.25, 0.3) is 0 Å². The molecule has 1 atom stereocenters. The van der Waals surface area contributed by atoms with Crippen LogP contribution >= 0.6 is 11.6 Å². The summed E-state index contributed by atoms with van der Waals surface area (Å²) in [5, 5.41) is 12.4. The van der Waals surface area contributed by atoms with Crippen LogP contribution in [0.3, 0.4) is 0 Å². The summed E-state index contributed by atoms with van der Waals surface area (Å²) in [7, 11) is 0. The van der Waals surface area contributed by atoms with Crippen LogP contribution in [-0.2, 0) is 4.79 Å². The molecule has 1 aromatic rings. The maximum absolute atomic E-state index is 11.8. The Bertz CT molecular complexity index is 466. The molecule has 0 aromatic heterocycles. The molecule has 4 nitrogen and oxygen atoms in total. The van der Waals surface area contributed by atoms with Gasteiger partial charge in [-0.1, -0.05) is 11.6 Å². The highest BCUT2D eigenvalue weighted by Gasteiger charge is 2.25. The first-order chi connectivity index (χ1) is 8.69. The molecule has 0 radical (unpaired) electrons. The van der Waals surface area contributed by atoms with Gasteiger partial charge in [0.05, 0.1) is 18.7 Å². The zero-order chi connectivity index (χ0) is 13.0. The highest BCUT2D eigenvalue weighted by atomic mass is 35.5. The summed E-state index contributed by atoms with van der Waals surface area (Å²) in [5.74, 6) is -0.0977. The van der Waals surface area contributed by atoms with Crippen LogP contribution in [0.5, 0.6) is 0 Å². The molecule has 0 saturated carbocycles. The van der Waals surface area contributed by atoms with Gasteiger partial charge in [-0.25, -0.2) is 0 Å². The van der Waals surface area contributed by atoms with E-state index in [1.807, 2.05) is 4.90 Å². The minimum Gasteiger partial charge on any atom is -0.325 e. The molecule has 0 aliphatic carbocycles. The molecule has 94 valence electrons. The lowest BCUT2D eigenvalue weighted by molar-refractivity contribution is -0.117. The van der Waals surface area contributed by atoms with E-state index in [0.717, 1.165) is 25.1 Å². The van der Waals surface area contributed by atoms with Crippen molar-refractivity contribution in [3.05, 3.63) is 29.3 Å². The van der Waals surface area contributed by atoms with E-state index in [2.05, 4.69) is 11.4 Å². The average molecular weight is 264 g/mol. The Balaban J connectivity index is 1.89. The fraction of sp³-hybridized carbons (Fsp3) is 0.385. The van der Waals surface area contributed by atoms with E-state index < -0.39 is 0 Å². The molecule has 1 saturated heterocycles. The normalized spacial score (nSPS) is 19.4. The second-order valence-electron chi connectivity index (χ2n) is 4.31. The molecule has 1 fully saturated rings. The Morgan fingerprint density at radius 1 is 1.50 bits per heavy atom. The minimum absolute atomic E-state index is 0.0977. The number of halogens is 1.